The molecule has 0 aromatic heterocycles. The summed E-state index contributed by atoms with van der Waals surface area (Å²) in [6, 6.07) is 1.60. The van der Waals surface area contributed by atoms with Crippen LogP contribution in [-0.2, 0) is 0 Å². The summed E-state index contributed by atoms with van der Waals surface area (Å²) in [7, 11) is 0. The summed E-state index contributed by atoms with van der Waals surface area (Å²) < 4.78 is 0. The zero-order chi connectivity index (χ0) is 12.3. The fourth-order valence-corrected chi connectivity index (χ4v) is 4.48. The number of hydrogen-bond donors (Lipinski definition) is 1. The van der Waals surface area contributed by atoms with E-state index in [0.717, 1.165) is 17.3 Å². The first-order valence-corrected chi connectivity index (χ1v) is 8.68. The van der Waals surface area contributed by atoms with Gasteiger partial charge >= 0.3 is 0 Å². The first kappa shape index (κ1) is 13.7. The van der Waals surface area contributed by atoms with Gasteiger partial charge in [-0.05, 0) is 50.2 Å². The third-order valence-electron chi connectivity index (χ3n) is 4.78. The van der Waals surface area contributed by atoms with Gasteiger partial charge in [0.1, 0.15) is 0 Å². The summed E-state index contributed by atoms with van der Waals surface area (Å²) >= 11 is 2.07. The summed E-state index contributed by atoms with van der Waals surface area (Å²) in [6.45, 7) is 4.88. The third kappa shape index (κ3) is 3.89. The largest absolute Gasteiger partial charge is 0.310 e. The second-order valence-corrected chi connectivity index (χ2v) is 7.85. The summed E-state index contributed by atoms with van der Waals surface area (Å²) in [5.41, 5.74) is 0.588. The van der Waals surface area contributed by atoms with E-state index in [0.29, 0.717) is 5.41 Å². The van der Waals surface area contributed by atoms with Gasteiger partial charge in [-0.25, -0.2) is 0 Å². The molecular weight excluding hydrogens is 226 g/mol. The van der Waals surface area contributed by atoms with Crippen LogP contribution in [0, 0.1) is 5.41 Å². The van der Waals surface area contributed by atoms with E-state index < -0.39 is 0 Å². The van der Waals surface area contributed by atoms with Crippen LogP contribution in [0.5, 0.6) is 0 Å². The van der Waals surface area contributed by atoms with Crippen molar-refractivity contribution in [1.29, 1.82) is 0 Å². The van der Waals surface area contributed by atoms with Crippen LogP contribution in [0.3, 0.4) is 0 Å². The van der Waals surface area contributed by atoms with Crippen LogP contribution in [0.25, 0.3) is 0 Å². The number of hydrogen-bond acceptors (Lipinski definition) is 2. The highest BCUT2D eigenvalue weighted by Crippen LogP contribution is 2.35. The Labute approximate surface area is 112 Å². The van der Waals surface area contributed by atoms with E-state index >= 15 is 0 Å². The second-order valence-electron chi connectivity index (χ2n) is 6.77. The molecule has 0 aromatic rings. The molecule has 100 valence electrons. The van der Waals surface area contributed by atoms with Crippen LogP contribution in [0.4, 0.5) is 0 Å². The fraction of sp³-hybridized carbons (Fsp3) is 1.00. The minimum Gasteiger partial charge on any atom is -0.310 e. The average molecular weight is 255 g/mol. The molecule has 0 bridgehead atoms. The lowest BCUT2D eigenvalue weighted by Crippen LogP contribution is -2.41. The normalized spacial score (nSPS) is 37.9. The zero-order valence-electron chi connectivity index (χ0n) is 11.8. The topological polar surface area (TPSA) is 12.0 Å². The molecule has 0 amide bonds. The second kappa shape index (κ2) is 5.97. The summed E-state index contributed by atoms with van der Waals surface area (Å²) in [6.07, 6.45) is 13.6. The zero-order valence-corrected chi connectivity index (χ0v) is 12.6. The Bertz CT molecular complexity index is 239. The van der Waals surface area contributed by atoms with Crippen molar-refractivity contribution < 1.29 is 0 Å². The smallest absolute Gasteiger partial charge is 0.0198 e. The molecule has 0 spiro atoms. The molecule has 2 aliphatic carbocycles. The van der Waals surface area contributed by atoms with Crippen LogP contribution in [-0.4, -0.2) is 23.6 Å². The number of thioether (sulfide) groups is 1. The molecular formula is C15H29NS. The van der Waals surface area contributed by atoms with Gasteiger partial charge in [-0.2, -0.15) is 11.8 Å². The molecule has 2 heteroatoms. The Balaban J connectivity index is 1.82. The van der Waals surface area contributed by atoms with Gasteiger partial charge in [0.15, 0.2) is 0 Å². The minimum atomic E-state index is 0.588. The van der Waals surface area contributed by atoms with Crippen molar-refractivity contribution in [3.05, 3.63) is 0 Å². The lowest BCUT2D eigenvalue weighted by molar-refractivity contribution is 0.307. The van der Waals surface area contributed by atoms with Crippen LogP contribution in [0.15, 0.2) is 0 Å². The van der Waals surface area contributed by atoms with Crippen molar-refractivity contribution in [2.24, 2.45) is 5.41 Å². The standard InChI is InChI=1S/C15H29NS/c1-15(2)10-5-6-12(9-11-15)16-13-7-4-8-14(13)17-3/h12-14,16H,4-11H2,1-3H3. The van der Waals surface area contributed by atoms with Gasteiger partial charge in [-0.3, -0.25) is 0 Å². The summed E-state index contributed by atoms with van der Waals surface area (Å²) in [5, 5.41) is 4.86. The maximum absolute atomic E-state index is 3.98. The maximum Gasteiger partial charge on any atom is 0.0198 e. The monoisotopic (exact) mass is 255 g/mol. The van der Waals surface area contributed by atoms with Crippen LogP contribution >= 0.6 is 11.8 Å². The molecule has 2 saturated carbocycles. The third-order valence-corrected chi connectivity index (χ3v) is 5.95. The summed E-state index contributed by atoms with van der Waals surface area (Å²) in [4.78, 5) is 0. The van der Waals surface area contributed by atoms with Crippen molar-refractivity contribution in [3.8, 4) is 0 Å². The summed E-state index contributed by atoms with van der Waals surface area (Å²) in [5.74, 6) is 0. The Morgan fingerprint density at radius 1 is 1.00 bits per heavy atom. The van der Waals surface area contributed by atoms with E-state index in [-0.39, 0.29) is 0 Å². The van der Waals surface area contributed by atoms with Crippen LogP contribution in [0.1, 0.15) is 65.2 Å². The van der Waals surface area contributed by atoms with Crippen LogP contribution < -0.4 is 5.32 Å². The molecule has 1 N–H and O–H groups in total. The fourth-order valence-electron chi connectivity index (χ4n) is 3.53. The SMILES string of the molecule is CSC1CCCC1NC1CCCC(C)(C)CC1. The van der Waals surface area contributed by atoms with Gasteiger partial charge in [0.25, 0.3) is 0 Å². The van der Waals surface area contributed by atoms with Gasteiger partial charge in [-0.1, -0.05) is 26.7 Å². The lowest BCUT2D eigenvalue weighted by atomic mass is 9.85. The van der Waals surface area contributed by atoms with E-state index in [1.54, 1.807) is 0 Å². The number of nitrogens with one attached hydrogen (secondary N) is 1. The number of rotatable bonds is 3. The molecule has 0 aliphatic heterocycles. The molecule has 1 nitrogen and oxygen atoms in total. The van der Waals surface area contributed by atoms with Crippen molar-refractivity contribution in [1.82, 2.24) is 5.32 Å². The molecule has 0 aromatic carbocycles. The molecule has 0 radical (unpaired) electrons. The molecule has 2 fully saturated rings. The van der Waals surface area contributed by atoms with Gasteiger partial charge in [0, 0.05) is 17.3 Å². The lowest BCUT2D eigenvalue weighted by Gasteiger charge is -2.26. The molecule has 2 rings (SSSR count). The molecule has 2 aliphatic rings. The Hall–Kier alpha value is 0.310. The highest BCUT2D eigenvalue weighted by atomic mass is 32.2. The first-order valence-electron chi connectivity index (χ1n) is 7.39. The van der Waals surface area contributed by atoms with E-state index in [9.17, 15) is 0 Å². The first-order chi connectivity index (χ1) is 8.11. The Morgan fingerprint density at radius 2 is 1.82 bits per heavy atom. The maximum atomic E-state index is 3.98. The van der Waals surface area contributed by atoms with Gasteiger partial charge < -0.3 is 5.32 Å². The molecule has 0 saturated heterocycles. The Morgan fingerprint density at radius 3 is 2.59 bits per heavy atom. The van der Waals surface area contributed by atoms with Crippen LogP contribution in [0.2, 0.25) is 0 Å². The van der Waals surface area contributed by atoms with E-state index in [2.05, 4.69) is 37.2 Å². The minimum absolute atomic E-state index is 0.588. The Kier molecular flexibility index (Phi) is 4.82. The predicted octanol–water partition coefficient (Wildman–Crippen LogP) is 4.22. The van der Waals surface area contributed by atoms with Crippen molar-refractivity contribution in [2.45, 2.75) is 82.5 Å². The average Bonchev–Trinajstić information content (AvgIpc) is 2.65. The quantitative estimate of drug-likeness (QED) is 0.758. The molecule has 17 heavy (non-hydrogen) atoms. The van der Waals surface area contributed by atoms with Crippen molar-refractivity contribution >= 4 is 11.8 Å². The highest BCUT2D eigenvalue weighted by molar-refractivity contribution is 7.99. The predicted molar refractivity (Wildman–Crippen MR) is 78.7 cm³/mol. The molecule has 0 heterocycles. The van der Waals surface area contributed by atoms with E-state index in [1.165, 1.54) is 51.4 Å². The van der Waals surface area contributed by atoms with Gasteiger partial charge in [0.05, 0.1) is 0 Å². The van der Waals surface area contributed by atoms with Crippen molar-refractivity contribution in [3.63, 3.8) is 0 Å². The molecule has 3 atom stereocenters. The van der Waals surface area contributed by atoms with E-state index in [4.69, 9.17) is 0 Å². The van der Waals surface area contributed by atoms with Gasteiger partial charge in [0.2, 0.25) is 0 Å². The van der Waals surface area contributed by atoms with Gasteiger partial charge in [-0.15, -0.1) is 0 Å². The van der Waals surface area contributed by atoms with E-state index in [1.807, 2.05) is 0 Å². The highest BCUT2D eigenvalue weighted by Gasteiger charge is 2.30. The van der Waals surface area contributed by atoms with Crippen molar-refractivity contribution in [2.75, 3.05) is 6.26 Å². The molecule has 3 unspecified atom stereocenters.